The van der Waals surface area contributed by atoms with Crippen molar-refractivity contribution in [1.82, 2.24) is 24.2 Å². The molecule has 3 heterocycles. The Morgan fingerprint density at radius 1 is 1.16 bits per heavy atom. The highest BCUT2D eigenvalue weighted by atomic mass is 16.3. The zero-order chi connectivity index (χ0) is 22.9. The summed E-state index contributed by atoms with van der Waals surface area (Å²) < 4.78 is 3.16. The van der Waals surface area contributed by atoms with E-state index in [-0.39, 0.29) is 23.9 Å². The van der Waals surface area contributed by atoms with E-state index >= 15 is 0 Å². The van der Waals surface area contributed by atoms with Crippen LogP contribution in [0.1, 0.15) is 50.3 Å². The maximum Gasteiger partial charge on any atom is 0.281 e. The van der Waals surface area contributed by atoms with Crippen LogP contribution < -0.4 is 5.56 Å². The molecule has 1 aliphatic rings. The average Bonchev–Trinajstić information content (AvgIpc) is 3.12. The molecule has 1 aliphatic heterocycles. The molecule has 0 radical (unpaired) electrons. The van der Waals surface area contributed by atoms with Crippen molar-refractivity contribution in [2.75, 3.05) is 13.1 Å². The standard InChI is InChI=1S/C24H31N5O3/c1-17(2)22-20-21(26-27(22)3)23(31)29(16-25-20)15-24(32)11-13-28(14-12-24)19(30)10-9-18-7-5-4-6-8-18/h4-8,16-17,32H,9-15H2,1-3H3. The predicted molar refractivity (Wildman–Crippen MR) is 122 cm³/mol. The van der Waals surface area contributed by atoms with Crippen LogP contribution in [0.15, 0.2) is 41.5 Å². The second-order valence-electron chi connectivity index (χ2n) is 9.13. The highest BCUT2D eigenvalue weighted by Crippen LogP contribution is 2.25. The Hall–Kier alpha value is -3.00. The summed E-state index contributed by atoms with van der Waals surface area (Å²) in [6.45, 7) is 5.20. The summed E-state index contributed by atoms with van der Waals surface area (Å²) in [4.78, 5) is 31.9. The van der Waals surface area contributed by atoms with Gasteiger partial charge in [-0.3, -0.25) is 18.8 Å². The fourth-order valence-electron chi connectivity index (χ4n) is 4.57. The van der Waals surface area contributed by atoms with Gasteiger partial charge in [-0.15, -0.1) is 0 Å². The first-order valence-corrected chi connectivity index (χ1v) is 11.2. The molecule has 0 bridgehead atoms. The first-order chi connectivity index (χ1) is 15.3. The van der Waals surface area contributed by atoms with E-state index in [4.69, 9.17) is 0 Å². The lowest BCUT2D eigenvalue weighted by Gasteiger charge is -2.38. The van der Waals surface area contributed by atoms with Crippen LogP contribution in [0.3, 0.4) is 0 Å². The lowest BCUT2D eigenvalue weighted by atomic mass is 9.91. The van der Waals surface area contributed by atoms with E-state index in [1.165, 1.54) is 10.9 Å². The maximum atomic E-state index is 13.0. The van der Waals surface area contributed by atoms with Crippen LogP contribution in [0.2, 0.25) is 0 Å². The molecule has 170 valence electrons. The topological polar surface area (TPSA) is 93.2 Å². The highest BCUT2D eigenvalue weighted by Gasteiger charge is 2.34. The average molecular weight is 438 g/mol. The van der Waals surface area contributed by atoms with E-state index < -0.39 is 5.60 Å². The summed E-state index contributed by atoms with van der Waals surface area (Å²) >= 11 is 0. The Bertz CT molecular complexity index is 1160. The van der Waals surface area contributed by atoms with E-state index in [0.29, 0.717) is 49.8 Å². The van der Waals surface area contributed by atoms with Gasteiger partial charge in [0.25, 0.3) is 5.56 Å². The molecule has 0 unspecified atom stereocenters. The summed E-state index contributed by atoms with van der Waals surface area (Å²) in [5.41, 5.74) is 1.72. The van der Waals surface area contributed by atoms with E-state index in [0.717, 1.165) is 11.3 Å². The fraction of sp³-hybridized carbons (Fsp3) is 0.500. The van der Waals surface area contributed by atoms with Crippen LogP contribution in [-0.2, 0) is 24.8 Å². The van der Waals surface area contributed by atoms with E-state index in [2.05, 4.69) is 10.1 Å². The normalized spacial score (nSPS) is 16.1. The molecule has 1 saturated heterocycles. The van der Waals surface area contributed by atoms with Crippen LogP contribution in [0.4, 0.5) is 0 Å². The molecule has 1 aromatic carbocycles. The van der Waals surface area contributed by atoms with Gasteiger partial charge in [-0.05, 0) is 30.7 Å². The second-order valence-corrected chi connectivity index (χ2v) is 9.13. The van der Waals surface area contributed by atoms with Gasteiger partial charge in [0.15, 0.2) is 5.52 Å². The summed E-state index contributed by atoms with van der Waals surface area (Å²) in [5, 5.41) is 15.5. The Kier molecular flexibility index (Phi) is 6.15. The van der Waals surface area contributed by atoms with Gasteiger partial charge >= 0.3 is 0 Å². The van der Waals surface area contributed by atoms with Crippen molar-refractivity contribution in [2.24, 2.45) is 7.05 Å². The third kappa shape index (κ3) is 4.46. The molecule has 8 nitrogen and oxygen atoms in total. The van der Waals surface area contributed by atoms with Crippen LogP contribution in [-0.4, -0.2) is 53.9 Å². The molecule has 0 saturated carbocycles. The number of hydrogen-bond acceptors (Lipinski definition) is 5. The molecule has 2 aromatic heterocycles. The molecular formula is C24H31N5O3. The lowest BCUT2D eigenvalue weighted by Crippen LogP contribution is -2.49. The summed E-state index contributed by atoms with van der Waals surface area (Å²) in [6.07, 6.45) is 3.53. The summed E-state index contributed by atoms with van der Waals surface area (Å²) in [7, 11) is 1.82. The molecule has 1 fully saturated rings. The Labute approximate surface area is 187 Å². The molecule has 1 N–H and O–H groups in total. The minimum atomic E-state index is -1.05. The zero-order valence-corrected chi connectivity index (χ0v) is 19.0. The van der Waals surface area contributed by atoms with Gasteiger partial charge in [-0.1, -0.05) is 44.2 Å². The van der Waals surface area contributed by atoms with Gasteiger partial charge < -0.3 is 10.0 Å². The van der Waals surface area contributed by atoms with E-state index in [1.54, 1.807) is 4.68 Å². The highest BCUT2D eigenvalue weighted by molar-refractivity contribution is 5.77. The largest absolute Gasteiger partial charge is 0.388 e. The third-order valence-corrected chi connectivity index (χ3v) is 6.38. The number of likely N-dealkylation sites (tertiary alicyclic amines) is 1. The molecule has 1 amide bonds. The fourth-order valence-corrected chi connectivity index (χ4v) is 4.57. The van der Waals surface area contributed by atoms with Gasteiger partial charge in [0.05, 0.1) is 24.2 Å². The van der Waals surface area contributed by atoms with Crippen LogP contribution in [0.25, 0.3) is 11.0 Å². The number of amides is 1. The van der Waals surface area contributed by atoms with Crippen molar-refractivity contribution in [3.63, 3.8) is 0 Å². The number of rotatable bonds is 6. The second kappa shape index (κ2) is 8.86. The van der Waals surface area contributed by atoms with Crippen molar-refractivity contribution in [3.05, 3.63) is 58.3 Å². The lowest BCUT2D eigenvalue weighted by molar-refractivity contribution is -0.135. The van der Waals surface area contributed by atoms with Crippen molar-refractivity contribution < 1.29 is 9.90 Å². The van der Waals surface area contributed by atoms with Crippen molar-refractivity contribution in [3.8, 4) is 0 Å². The molecule has 32 heavy (non-hydrogen) atoms. The smallest absolute Gasteiger partial charge is 0.281 e. The zero-order valence-electron chi connectivity index (χ0n) is 19.0. The number of carbonyl (C=O) groups is 1. The number of fused-ring (bicyclic) bond motifs is 1. The van der Waals surface area contributed by atoms with E-state index in [9.17, 15) is 14.7 Å². The summed E-state index contributed by atoms with van der Waals surface area (Å²) in [6, 6.07) is 9.96. The Morgan fingerprint density at radius 2 is 1.84 bits per heavy atom. The van der Waals surface area contributed by atoms with Gasteiger partial charge in [0, 0.05) is 26.6 Å². The minimum Gasteiger partial charge on any atom is -0.388 e. The van der Waals surface area contributed by atoms with Crippen LogP contribution >= 0.6 is 0 Å². The van der Waals surface area contributed by atoms with E-state index in [1.807, 2.05) is 56.1 Å². The number of aromatic nitrogens is 4. The molecule has 0 aliphatic carbocycles. The first-order valence-electron chi connectivity index (χ1n) is 11.2. The Morgan fingerprint density at radius 3 is 2.50 bits per heavy atom. The quantitative estimate of drug-likeness (QED) is 0.638. The van der Waals surface area contributed by atoms with Crippen molar-refractivity contribution in [2.45, 2.75) is 57.6 Å². The third-order valence-electron chi connectivity index (χ3n) is 6.38. The SMILES string of the molecule is CC(C)c1c2ncn(CC3(O)CCN(C(=O)CCc4ccccc4)CC3)c(=O)c2nn1C. The number of aliphatic hydroxyl groups is 1. The van der Waals surface area contributed by atoms with Gasteiger partial charge in [0.1, 0.15) is 5.52 Å². The number of aryl methyl sites for hydroxylation is 2. The van der Waals surface area contributed by atoms with Gasteiger partial charge in [0.2, 0.25) is 5.91 Å². The van der Waals surface area contributed by atoms with Crippen LogP contribution in [0.5, 0.6) is 0 Å². The van der Waals surface area contributed by atoms with Crippen molar-refractivity contribution >= 4 is 16.9 Å². The number of benzene rings is 1. The van der Waals surface area contributed by atoms with Gasteiger partial charge in [-0.25, -0.2) is 4.98 Å². The molecule has 4 rings (SSSR count). The van der Waals surface area contributed by atoms with Crippen LogP contribution in [0, 0.1) is 0 Å². The first kappa shape index (κ1) is 22.2. The number of hydrogen-bond donors (Lipinski definition) is 1. The molecule has 0 atom stereocenters. The number of nitrogens with zero attached hydrogens (tertiary/aromatic N) is 5. The minimum absolute atomic E-state index is 0.103. The molecule has 0 spiro atoms. The number of carbonyl (C=O) groups excluding carboxylic acids is 1. The maximum absolute atomic E-state index is 13.0. The predicted octanol–water partition coefficient (Wildman–Crippen LogP) is 2.24. The Balaban J connectivity index is 1.40. The summed E-state index contributed by atoms with van der Waals surface area (Å²) in [5.74, 6) is 0.298. The van der Waals surface area contributed by atoms with Gasteiger partial charge in [-0.2, -0.15) is 5.10 Å². The molecular weight excluding hydrogens is 406 g/mol. The number of piperidine rings is 1. The monoisotopic (exact) mass is 437 g/mol. The molecule has 3 aromatic rings. The molecule has 8 heteroatoms. The van der Waals surface area contributed by atoms with Crippen molar-refractivity contribution in [1.29, 1.82) is 0 Å².